The Hall–Kier alpha value is -5.54. The second-order valence-electron chi connectivity index (χ2n) is 13.4. The third-order valence-corrected chi connectivity index (χ3v) is 10.6. The second kappa shape index (κ2) is 17.5. The summed E-state index contributed by atoms with van der Waals surface area (Å²) < 4.78 is 13.3. The van der Waals surface area contributed by atoms with E-state index in [2.05, 4.69) is 26.3 Å². The van der Waals surface area contributed by atoms with Gasteiger partial charge in [-0.15, -0.1) is 11.3 Å². The number of nitrogens with zero attached hydrogens (tertiary/aromatic N) is 2. The molecule has 4 heterocycles. The summed E-state index contributed by atoms with van der Waals surface area (Å²) in [7, 11) is 0. The molecule has 0 saturated carbocycles. The van der Waals surface area contributed by atoms with Crippen molar-refractivity contribution in [1.82, 2.24) is 31.2 Å². The van der Waals surface area contributed by atoms with E-state index in [0.29, 0.717) is 17.9 Å². The molecule has 0 radical (unpaired) electrons. The predicted octanol–water partition coefficient (Wildman–Crippen LogP) is 1.89. The van der Waals surface area contributed by atoms with Crippen LogP contribution < -0.4 is 30.7 Å². The molecule has 2 bridgehead atoms. The van der Waals surface area contributed by atoms with E-state index in [9.17, 15) is 29.1 Å². The van der Waals surface area contributed by atoms with Crippen molar-refractivity contribution in [3.8, 4) is 11.5 Å². The molecule has 5 N–H and O–H groups in total. The third-order valence-electron chi connectivity index (χ3n) is 9.51. The van der Waals surface area contributed by atoms with Crippen molar-refractivity contribution in [3.63, 3.8) is 0 Å². The van der Waals surface area contributed by atoms with Crippen LogP contribution in [-0.2, 0) is 36.8 Å². The van der Waals surface area contributed by atoms with Crippen LogP contribution >= 0.6 is 11.3 Å². The van der Waals surface area contributed by atoms with Crippen molar-refractivity contribution < 1.29 is 38.6 Å². The van der Waals surface area contributed by atoms with Crippen LogP contribution in [-0.4, -0.2) is 101 Å². The first kappa shape index (κ1) is 38.2. The van der Waals surface area contributed by atoms with Gasteiger partial charge in [0.2, 0.25) is 23.6 Å². The zero-order valence-corrected chi connectivity index (χ0v) is 30.7. The number of carbonyl (C=O) groups is 5. The van der Waals surface area contributed by atoms with E-state index >= 15 is 0 Å². The number of amides is 5. The summed E-state index contributed by atoms with van der Waals surface area (Å²) >= 11 is 1.57. The summed E-state index contributed by atoms with van der Waals surface area (Å²) in [6, 6.07) is 20.1. The summed E-state index contributed by atoms with van der Waals surface area (Å²) in [6.07, 6.45) is 1.11. The van der Waals surface area contributed by atoms with Crippen LogP contribution in [0, 0.1) is 0 Å². The van der Waals surface area contributed by atoms with E-state index in [-0.39, 0.29) is 57.8 Å². The van der Waals surface area contributed by atoms with Crippen LogP contribution in [0.25, 0.3) is 10.2 Å². The molecule has 1 saturated heterocycles. The van der Waals surface area contributed by atoms with Crippen LogP contribution in [0.2, 0.25) is 0 Å². The van der Waals surface area contributed by atoms with Crippen molar-refractivity contribution >= 4 is 51.1 Å². The highest BCUT2D eigenvalue weighted by atomic mass is 32.1. The molecule has 54 heavy (non-hydrogen) atoms. The van der Waals surface area contributed by atoms with Gasteiger partial charge in [-0.25, -0.2) is 4.98 Å². The maximum absolute atomic E-state index is 14.5. The molecule has 7 rings (SSSR count). The molecule has 3 atom stereocenters. The molecule has 1 aromatic heterocycles. The third kappa shape index (κ3) is 9.51. The number of rotatable bonds is 6. The van der Waals surface area contributed by atoms with Gasteiger partial charge >= 0.3 is 0 Å². The summed E-state index contributed by atoms with van der Waals surface area (Å²) in [5.74, 6) is -1.71. The van der Waals surface area contributed by atoms with Crippen LogP contribution in [0.15, 0.2) is 78.9 Å². The van der Waals surface area contributed by atoms with Crippen LogP contribution in [0.1, 0.15) is 36.8 Å². The predicted molar refractivity (Wildman–Crippen MR) is 201 cm³/mol. The number of ether oxygens (including phenoxy) is 2. The number of aliphatic hydroxyl groups is 1. The highest BCUT2D eigenvalue weighted by molar-refractivity contribution is 7.18. The van der Waals surface area contributed by atoms with Crippen molar-refractivity contribution in [3.05, 3.63) is 89.4 Å². The number of para-hydroxylation sites is 1. The number of hydrogen-bond acceptors (Lipinski definition) is 10. The highest BCUT2D eigenvalue weighted by Gasteiger charge is 2.46. The Morgan fingerprint density at radius 1 is 0.870 bits per heavy atom. The van der Waals surface area contributed by atoms with E-state index < -0.39 is 54.0 Å². The Morgan fingerprint density at radius 2 is 1.56 bits per heavy atom. The molecular formula is C39H44N6O8S. The zero-order chi connectivity index (χ0) is 38.1. The number of fused-ring (bicyclic) bond motifs is 16. The average Bonchev–Trinajstić information content (AvgIpc) is 3.61. The topological polar surface area (TPSA) is 188 Å². The zero-order valence-electron chi connectivity index (χ0n) is 29.9. The van der Waals surface area contributed by atoms with Gasteiger partial charge in [-0.1, -0.05) is 42.5 Å². The molecule has 3 aliphatic heterocycles. The fourth-order valence-corrected chi connectivity index (χ4v) is 7.38. The lowest BCUT2D eigenvalue weighted by atomic mass is 9.88. The van der Waals surface area contributed by atoms with E-state index in [1.807, 2.05) is 30.3 Å². The molecule has 1 fully saturated rings. The summed E-state index contributed by atoms with van der Waals surface area (Å²) in [6.45, 7) is 1.49. The van der Waals surface area contributed by atoms with Gasteiger partial charge in [-0.05, 0) is 48.9 Å². The van der Waals surface area contributed by atoms with Crippen molar-refractivity contribution in [2.75, 3.05) is 32.8 Å². The molecule has 5 amide bonds. The molecule has 284 valence electrons. The lowest BCUT2D eigenvalue weighted by Gasteiger charge is -2.41. The van der Waals surface area contributed by atoms with Gasteiger partial charge in [0.1, 0.15) is 36.2 Å². The number of hydrogen-bond donors (Lipinski definition) is 5. The Balaban J connectivity index is 1.23. The molecule has 0 aliphatic carbocycles. The van der Waals surface area contributed by atoms with Crippen LogP contribution in [0.5, 0.6) is 11.5 Å². The van der Waals surface area contributed by atoms with Crippen molar-refractivity contribution in [2.45, 2.75) is 62.8 Å². The number of nitrogens with one attached hydrogen (secondary N) is 4. The molecule has 3 aromatic carbocycles. The second-order valence-corrected chi connectivity index (χ2v) is 14.5. The van der Waals surface area contributed by atoms with Gasteiger partial charge in [0.15, 0.2) is 5.60 Å². The van der Waals surface area contributed by atoms with E-state index in [1.165, 1.54) is 6.92 Å². The molecule has 3 aliphatic rings. The summed E-state index contributed by atoms with van der Waals surface area (Å²) in [5, 5.41) is 21.6. The SMILES string of the molecule is C[C@@H]1NC(=O)[C@H](CO)NC(=O)[C@@H](Cc2ccccc2)NC(=O)C2(CCN(C(=O)CCc3nc4ccccc4s3)CC2)Oc2ccc(cc2)OCCNC1=O. The number of likely N-dealkylation sites (tertiary alicyclic amines) is 1. The summed E-state index contributed by atoms with van der Waals surface area (Å²) in [4.78, 5) is 73.8. The van der Waals surface area contributed by atoms with Crippen molar-refractivity contribution in [1.29, 1.82) is 0 Å². The largest absolute Gasteiger partial charge is 0.492 e. The molecule has 14 nitrogen and oxygen atoms in total. The Morgan fingerprint density at radius 3 is 2.28 bits per heavy atom. The van der Waals surface area contributed by atoms with Crippen LogP contribution in [0.4, 0.5) is 0 Å². The van der Waals surface area contributed by atoms with E-state index in [1.54, 1.807) is 64.8 Å². The first-order chi connectivity index (χ1) is 26.1. The van der Waals surface area contributed by atoms with Gasteiger partial charge in [0, 0.05) is 45.2 Å². The highest BCUT2D eigenvalue weighted by Crippen LogP contribution is 2.32. The normalized spacial score (nSPS) is 21.3. The quantitative estimate of drug-likeness (QED) is 0.183. The number of thiazole rings is 1. The van der Waals surface area contributed by atoms with Crippen molar-refractivity contribution in [2.24, 2.45) is 0 Å². The fourth-order valence-electron chi connectivity index (χ4n) is 6.41. The van der Waals surface area contributed by atoms with Gasteiger partial charge in [-0.2, -0.15) is 0 Å². The number of aryl methyl sites for hydroxylation is 1. The lowest BCUT2D eigenvalue weighted by Crippen LogP contribution is -2.62. The van der Waals surface area contributed by atoms with Crippen LogP contribution in [0.3, 0.4) is 0 Å². The number of aliphatic hydroxyl groups excluding tert-OH is 1. The number of carbonyl (C=O) groups excluding carboxylic acids is 5. The Bertz CT molecular complexity index is 1910. The molecule has 4 aromatic rings. The van der Waals surface area contributed by atoms with Gasteiger partial charge in [0.05, 0.1) is 28.4 Å². The number of benzene rings is 3. The average molecular weight is 757 g/mol. The Labute approximate surface area is 316 Å². The monoisotopic (exact) mass is 756 g/mol. The van der Waals surface area contributed by atoms with Gasteiger partial charge in [-0.3, -0.25) is 24.0 Å². The molecule has 15 heteroatoms. The fraction of sp³-hybridized carbons (Fsp3) is 0.385. The summed E-state index contributed by atoms with van der Waals surface area (Å²) in [5.41, 5.74) is 0.180. The standard InChI is InChI=1S/C39H44N6O8S/c1-25-35(48)40-19-22-52-27-11-13-28(14-12-27)53-39(17-20-45(21-18-39)34(47)16-15-33-42-29-9-5-6-10-32(29)54-33)38(51)44-30(23-26-7-3-2-4-8-26)36(49)43-31(24-46)37(50)41-25/h2-14,25,30-31,46H,15-24H2,1H3,(H,40,48)(H,41,50)(H,43,49)(H,44,51)/t25-,30+,31-/m0/s1. The number of aromatic nitrogens is 1. The molecular weight excluding hydrogens is 713 g/mol. The minimum Gasteiger partial charge on any atom is -0.492 e. The lowest BCUT2D eigenvalue weighted by molar-refractivity contribution is -0.148. The van der Waals surface area contributed by atoms with Gasteiger partial charge < -0.3 is 40.7 Å². The maximum atomic E-state index is 14.5. The maximum Gasteiger partial charge on any atom is 0.265 e. The molecule has 0 unspecified atom stereocenters. The smallest absolute Gasteiger partial charge is 0.265 e. The van der Waals surface area contributed by atoms with E-state index in [0.717, 1.165) is 20.8 Å². The number of piperidine rings is 1. The minimum atomic E-state index is -1.46. The Kier molecular flexibility index (Phi) is 12.4. The van der Waals surface area contributed by atoms with Gasteiger partial charge in [0.25, 0.3) is 5.91 Å². The first-order valence-corrected chi connectivity index (χ1v) is 18.8. The molecule has 1 spiro atoms. The van der Waals surface area contributed by atoms with E-state index in [4.69, 9.17) is 9.47 Å². The minimum absolute atomic E-state index is 0.0573. The first-order valence-electron chi connectivity index (χ1n) is 18.0.